The van der Waals surface area contributed by atoms with E-state index in [1.165, 1.54) is 113 Å². The Labute approximate surface area is 196 Å². The summed E-state index contributed by atoms with van der Waals surface area (Å²) in [6.45, 7) is 29.6. The van der Waals surface area contributed by atoms with E-state index in [-0.39, 0.29) is 0 Å². The predicted octanol–water partition coefficient (Wildman–Crippen LogP) is 6.41. The molecule has 0 aliphatic rings. The van der Waals surface area contributed by atoms with Crippen molar-refractivity contribution in [3.05, 3.63) is 0 Å². The number of quaternary nitrogens is 2. The summed E-state index contributed by atoms with van der Waals surface area (Å²) in [5.74, 6) is 0. The van der Waals surface area contributed by atoms with Gasteiger partial charge in [-0.25, -0.2) is 0 Å². The Morgan fingerprint density at radius 3 is 0.516 bits per heavy atom. The van der Waals surface area contributed by atoms with Crippen molar-refractivity contribution < 1.29 is 37.8 Å². The predicted molar refractivity (Wildman–Crippen MR) is 125 cm³/mol. The molecule has 0 saturated heterocycles. The molecule has 0 bridgehead atoms. The van der Waals surface area contributed by atoms with Crippen LogP contribution in [0.2, 0.25) is 0 Å². The number of hydrogen-bond acceptors (Lipinski definition) is 4. The fourth-order valence-corrected chi connectivity index (χ4v) is 5.14. The van der Waals surface area contributed by atoms with Crippen LogP contribution in [0.1, 0.15) is 107 Å². The van der Waals surface area contributed by atoms with Crippen LogP contribution in [-0.2, 0) is 28.9 Å². The Hall–Kier alpha value is -0.257. The molecule has 0 saturated carbocycles. The molecule has 0 aromatic carbocycles. The molecule has 7 heteroatoms. The second-order valence-electron chi connectivity index (χ2n) is 8.83. The van der Waals surface area contributed by atoms with E-state index in [0.29, 0.717) is 0 Å². The minimum absolute atomic E-state index is 1.33. The Morgan fingerprint density at radius 2 is 0.452 bits per heavy atom. The van der Waals surface area contributed by atoms with E-state index in [4.69, 9.17) is 14.3 Å². The molecule has 0 fully saturated rings. The van der Waals surface area contributed by atoms with Crippen LogP contribution in [0.25, 0.3) is 0 Å². The zero-order chi connectivity index (χ0) is 24.8. The Morgan fingerprint density at radius 1 is 0.355 bits per heavy atom. The van der Waals surface area contributed by atoms with Crippen molar-refractivity contribution in [3.8, 4) is 0 Å². The van der Waals surface area contributed by atoms with Gasteiger partial charge >= 0.3 is 28.9 Å². The second-order valence-corrected chi connectivity index (χ2v) is 10.6. The van der Waals surface area contributed by atoms with Crippen LogP contribution in [0.15, 0.2) is 0 Å². The molecule has 0 heterocycles. The van der Waals surface area contributed by atoms with Crippen molar-refractivity contribution in [2.24, 2.45) is 0 Å². The third-order valence-electron chi connectivity index (χ3n) is 5.58. The summed E-state index contributed by atoms with van der Waals surface area (Å²) >= 11 is -5.86. The maximum atomic E-state index is 8.61. The second kappa shape index (κ2) is 21.6. The van der Waals surface area contributed by atoms with Gasteiger partial charge in [-0.2, -0.15) is 0 Å². The molecule has 0 spiro atoms. The first-order chi connectivity index (χ1) is 14.5. The van der Waals surface area contributed by atoms with Crippen LogP contribution < -0.4 is 0 Å². The molecule has 0 aliphatic carbocycles. The molecule has 0 N–H and O–H groups in total. The van der Waals surface area contributed by atoms with Gasteiger partial charge in [-0.15, -0.1) is 0 Å². The van der Waals surface area contributed by atoms with Crippen molar-refractivity contribution in [1.82, 2.24) is 0 Å². The topological polar surface area (TPSA) is 68.3 Å². The normalized spacial score (nSPS) is 12.4. The Bertz CT molecular complexity index is 475. The fourth-order valence-electron chi connectivity index (χ4n) is 5.14. The molecule has 31 heavy (non-hydrogen) atoms. The third kappa shape index (κ3) is 22.7. The molecule has 0 aromatic rings. The first-order valence-corrected chi connectivity index (χ1v) is 15.6. The van der Waals surface area contributed by atoms with E-state index in [0.717, 1.165) is 0 Å². The van der Waals surface area contributed by atoms with Crippen molar-refractivity contribution in [1.29, 1.82) is 0 Å². The van der Waals surface area contributed by atoms with Gasteiger partial charge in [-0.05, 0) is 51.4 Å². The van der Waals surface area contributed by atoms with Crippen LogP contribution in [0, 0.1) is 0 Å². The molecule has 0 radical (unpaired) electrons. The summed E-state index contributed by atoms with van der Waals surface area (Å²) in [6.07, 6.45) is 10.7. The van der Waals surface area contributed by atoms with Crippen LogP contribution >= 0.6 is 0 Å². The Balaban J connectivity index is -0.000000416. The summed E-state index contributed by atoms with van der Waals surface area (Å²) in [5, 5.41) is 0. The van der Waals surface area contributed by atoms with E-state index < -0.39 is 14.6 Å². The zero-order valence-electron chi connectivity index (χ0n) is 22.2. The van der Waals surface area contributed by atoms with Gasteiger partial charge < -0.3 is 8.97 Å². The first kappa shape index (κ1) is 35.3. The monoisotopic (exact) mass is 538 g/mol. The maximum absolute atomic E-state index is 8.61. The van der Waals surface area contributed by atoms with Crippen LogP contribution in [0.4, 0.5) is 0 Å². The quantitative estimate of drug-likeness (QED) is 0.169. The van der Waals surface area contributed by atoms with Crippen LogP contribution in [-0.4, -0.2) is 61.3 Å². The van der Waals surface area contributed by atoms with Crippen molar-refractivity contribution in [3.63, 3.8) is 0 Å². The minimum atomic E-state index is -5.86. The summed E-state index contributed by atoms with van der Waals surface area (Å²) in [7, 11) is 0. The fraction of sp³-hybridized carbons (Fsp3) is 1.00. The van der Waals surface area contributed by atoms with E-state index >= 15 is 0 Å². The van der Waals surface area contributed by atoms with Crippen LogP contribution in [0.3, 0.4) is 0 Å². The third-order valence-corrected chi connectivity index (χ3v) is 5.58. The van der Waals surface area contributed by atoms with Crippen molar-refractivity contribution in [2.75, 3.05) is 52.4 Å². The summed E-state index contributed by atoms with van der Waals surface area (Å²) in [4.78, 5) is 0. The number of hydrogen-bond donors (Lipinski definition) is 0. The Kier molecular flexibility index (Phi) is 24.6. The van der Waals surface area contributed by atoms with E-state index in [2.05, 4.69) is 55.4 Å². The average Bonchev–Trinajstić information content (AvgIpc) is 2.63. The van der Waals surface area contributed by atoms with Gasteiger partial charge in [0.1, 0.15) is 0 Å². The van der Waals surface area contributed by atoms with Gasteiger partial charge in [0, 0.05) is 0 Å². The van der Waals surface area contributed by atoms with E-state index in [9.17, 15) is 0 Å². The molecule has 0 atom stereocenters. The summed E-state index contributed by atoms with van der Waals surface area (Å²) in [5.41, 5.74) is 0. The van der Waals surface area contributed by atoms with Crippen molar-refractivity contribution in [2.45, 2.75) is 107 Å². The summed E-state index contributed by atoms with van der Waals surface area (Å²) < 4.78 is 37.2. The molecule has 0 aromatic heterocycles. The number of rotatable bonds is 16. The van der Waals surface area contributed by atoms with E-state index in [1.807, 2.05) is 0 Å². The molecular formula is C24H56N2O4Ru. The van der Waals surface area contributed by atoms with Gasteiger partial charge in [0.2, 0.25) is 0 Å². The molecule has 0 aliphatic heterocycles. The molecular weight excluding hydrogens is 481 g/mol. The van der Waals surface area contributed by atoms with Crippen LogP contribution in [0.5, 0.6) is 0 Å². The average molecular weight is 538 g/mol. The van der Waals surface area contributed by atoms with Gasteiger partial charge in [-0.3, -0.25) is 0 Å². The zero-order valence-corrected chi connectivity index (χ0v) is 23.9. The molecule has 194 valence electrons. The SMILES string of the molecule is CCC[N+](CCC)(CCC)CCC.CCC[N+](CCC)(CCC)CCC.[O]=[Ru-2](=[O])(=[O])=[O]. The molecule has 0 amide bonds. The first-order valence-electron chi connectivity index (χ1n) is 12.8. The van der Waals surface area contributed by atoms with Crippen molar-refractivity contribution >= 4 is 0 Å². The summed E-state index contributed by atoms with van der Waals surface area (Å²) in [6, 6.07) is 0. The molecule has 0 rings (SSSR count). The standard InChI is InChI=1S/2C12H28N.4O.Ru/c2*1-5-9-13(10-6-2,11-7-3)12-8-4;;;;;/h2*5-12H2,1-4H3;;;;;/q2*+1;;;;;-2. The van der Waals surface area contributed by atoms with Gasteiger partial charge in [0.15, 0.2) is 0 Å². The number of nitrogens with zero attached hydrogens (tertiary/aromatic N) is 2. The molecule has 0 unspecified atom stereocenters. The van der Waals surface area contributed by atoms with E-state index in [1.54, 1.807) is 0 Å². The van der Waals surface area contributed by atoms with Gasteiger partial charge in [0.25, 0.3) is 0 Å². The van der Waals surface area contributed by atoms with Gasteiger partial charge in [-0.1, -0.05) is 55.4 Å². The molecule has 6 nitrogen and oxygen atoms in total. The van der Waals surface area contributed by atoms with Gasteiger partial charge in [0.05, 0.1) is 52.4 Å².